The standard InChI is InChI=1S/C34H32ClFN6O4S/c1-46-32(43)28-27(38-30(31-37-12-16-47-31)39-29(28)25-9-8-23(36)17-26(25)35)20-40-14-15-42-24(18-40)19-41(33(42)44)13-2-3-21-4-6-22(7-5-21)34(45)10-11-34/h4-9,12,16-17,24,29,45H,10-11,13-15,18-20H2,1H3,(H,38,39)/t24-,29-/m0/s1. The molecule has 2 saturated heterocycles. The number of rotatable bonds is 7. The normalized spacial score (nSPS) is 21.9. The van der Waals surface area contributed by atoms with Crippen molar-refractivity contribution in [1.82, 2.24) is 25.0 Å². The van der Waals surface area contributed by atoms with Gasteiger partial charge in [0.2, 0.25) is 0 Å². The summed E-state index contributed by atoms with van der Waals surface area (Å²) in [5, 5.41) is 16.2. The van der Waals surface area contributed by atoms with Gasteiger partial charge in [0, 0.05) is 66.1 Å². The third kappa shape index (κ3) is 6.36. The number of hydrogen-bond donors (Lipinski definition) is 2. The number of nitrogens with one attached hydrogen (secondary N) is 1. The summed E-state index contributed by atoms with van der Waals surface area (Å²) in [6.45, 7) is 2.90. The van der Waals surface area contributed by atoms with Gasteiger partial charge in [0.15, 0.2) is 10.8 Å². The van der Waals surface area contributed by atoms with Crippen molar-refractivity contribution in [3.8, 4) is 11.8 Å². The lowest BCUT2D eigenvalue weighted by Crippen LogP contribution is -2.53. The lowest BCUT2D eigenvalue weighted by atomic mass is 9.95. The molecule has 3 aliphatic heterocycles. The number of piperazine rings is 1. The quantitative estimate of drug-likeness (QED) is 0.289. The first-order valence-corrected chi connectivity index (χ1v) is 16.6. The molecule has 2 atom stereocenters. The van der Waals surface area contributed by atoms with Gasteiger partial charge in [0.05, 0.1) is 30.9 Å². The third-order valence-corrected chi connectivity index (χ3v) is 10.1. The van der Waals surface area contributed by atoms with Crippen molar-refractivity contribution in [3.63, 3.8) is 0 Å². The number of carbonyl (C=O) groups excluding carboxylic acids is 2. The van der Waals surface area contributed by atoms with E-state index in [4.69, 9.17) is 21.3 Å². The van der Waals surface area contributed by atoms with Gasteiger partial charge >= 0.3 is 12.0 Å². The van der Waals surface area contributed by atoms with Gasteiger partial charge in [0.25, 0.3) is 0 Å². The van der Waals surface area contributed by atoms with Gasteiger partial charge in [-0.05, 0) is 42.7 Å². The Morgan fingerprint density at radius 1 is 1.21 bits per heavy atom. The summed E-state index contributed by atoms with van der Waals surface area (Å²) in [6, 6.07) is 10.7. The highest BCUT2D eigenvalue weighted by atomic mass is 35.5. The van der Waals surface area contributed by atoms with Crippen LogP contribution in [0.15, 0.2) is 70.3 Å². The summed E-state index contributed by atoms with van der Waals surface area (Å²) in [5.74, 6) is 5.69. The molecule has 2 amide bonds. The molecule has 242 valence electrons. The van der Waals surface area contributed by atoms with Crippen LogP contribution in [-0.4, -0.2) is 95.0 Å². The Bertz CT molecular complexity index is 1830. The van der Waals surface area contributed by atoms with Crippen molar-refractivity contribution in [3.05, 3.63) is 97.8 Å². The maximum atomic E-state index is 14.0. The van der Waals surface area contributed by atoms with Gasteiger partial charge in [-0.1, -0.05) is 41.6 Å². The van der Waals surface area contributed by atoms with Crippen LogP contribution in [0.5, 0.6) is 0 Å². The Hall–Kier alpha value is -4.28. The number of nitrogens with zero attached hydrogens (tertiary/aromatic N) is 5. The van der Waals surface area contributed by atoms with Gasteiger partial charge in [-0.15, -0.1) is 11.3 Å². The lowest BCUT2D eigenvalue weighted by Gasteiger charge is -2.38. The zero-order valence-corrected chi connectivity index (χ0v) is 27.2. The minimum Gasteiger partial charge on any atom is -0.466 e. The maximum Gasteiger partial charge on any atom is 0.338 e. The molecule has 47 heavy (non-hydrogen) atoms. The molecule has 4 aliphatic rings. The highest BCUT2D eigenvalue weighted by Gasteiger charge is 2.43. The molecule has 0 radical (unpaired) electrons. The van der Waals surface area contributed by atoms with E-state index in [1.54, 1.807) is 11.1 Å². The van der Waals surface area contributed by atoms with Crippen LogP contribution in [0, 0.1) is 17.7 Å². The van der Waals surface area contributed by atoms with Crippen molar-refractivity contribution in [1.29, 1.82) is 0 Å². The summed E-state index contributed by atoms with van der Waals surface area (Å²) in [5.41, 5.74) is 2.42. The molecular formula is C34H32ClFN6O4S. The fourth-order valence-corrected chi connectivity index (χ4v) is 7.18. The van der Waals surface area contributed by atoms with Gasteiger partial charge in [-0.25, -0.2) is 19.0 Å². The lowest BCUT2D eigenvalue weighted by molar-refractivity contribution is -0.136. The Morgan fingerprint density at radius 3 is 2.72 bits per heavy atom. The molecule has 7 rings (SSSR count). The van der Waals surface area contributed by atoms with E-state index < -0.39 is 23.4 Å². The predicted molar refractivity (Wildman–Crippen MR) is 175 cm³/mol. The average molecular weight is 675 g/mol. The summed E-state index contributed by atoms with van der Waals surface area (Å²) < 4.78 is 19.2. The number of methoxy groups -OCH3 is 1. The number of thiazole rings is 1. The number of fused-ring (bicyclic) bond motifs is 1. The van der Waals surface area contributed by atoms with Gasteiger partial charge in [-0.2, -0.15) is 0 Å². The van der Waals surface area contributed by atoms with Crippen molar-refractivity contribution < 1.29 is 23.8 Å². The Morgan fingerprint density at radius 2 is 2.02 bits per heavy atom. The molecule has 1 aliphatic carbocycles. The van der Waals surface area contributed by atoms with Gasteiger partial charge in [0.1, 0.15) is 11.9 Å². The minimum atomic E-state index is -0.844. The van der Waals surface area contributed by atoms with E-state index >= 15 is 0 Å². The zero-order chi connectivity index (χ0) is 32.7. The molecule has 3 aromatic rings. The largest absolute Gasteiger partial charge is 0.466 e. The molecular weight excluding hydrogens is 643 g/mol. The summed E-state index contributed by atoms with van der Waals surface area (Å²) in [7, 11) is 1.31. The Balaban J connectivity index is 1.08. The third-order valence-electron chi connectivity index (χ3n) is 8.97. The zero-order valence-electron chi connectivity index (χ0n) is 25.6. The molecule has 3 fully saturated rings. The van der Waals surface area contributed by atoms with Crippen LogP contribution in [-0.2, 0) is 15.1 Å². The maximum absolute atomic E-state index is 14.0. The number of aliphatic imine (C=N–C) groups is 1. The minimum absolute atomic E-state index is 0.0373. The Labute approximate surface area is 280 Å². The van der Waals surface area contributed by atoms with Gasteiger partial charge in [-0.3, -0.25) is 9.89 Å². The number of ether oxygens (including phenoxy) is 1. The van der Waals surface area contributed by atoms with Crippen LogP contribution in [0.2, 0.25) is 5.02 Å². The predicted octanol–water partition coefficient (Wildman–Crippen LogP) is 3.91. The number of benzene rings is 2. The second kappa shape index (κ2) is 12.7. The van der Waals surface area contributed by atoms with Crippen LogP contribution in [0.3, 0.4) is 0 Å². The number of amides is 2. The number of aliphatic hydroxyl groups is 1. The molecule has 0 bridgehead atoms. The molecule has 2 N–H and O–H groups in total. The van der Waals surface area contributed by atoms with E-state index in [0.717, 1.165) is 24.0 Å². The average Bonchev–Trinajstić information content (AvgIpc) is 3.44. The first-order valence-electron chi connectivity index (χ1n) is 15.3. The van der Waals surface area contributed by atoms with Crippen LogP contribution in [0.1, 0.15) is 40.6 Å². The first-order chi connectivity index (χ1) is 22.7. The van der Waals surface area contributed by atoms with Crippen molar-refractivity contribution >= 4 is 40.8 Å². The van der Waals surface area contributed by atoms with Crippen LogP contribution < -0.4 is 5.32 Å². The fraction of sp³-hybridized carbons (Fsp3) is 0.353. The van der Waals surface area contributed by atoms with Crippen molar-refractivity contribution in [2.45, 2.75) is 30.5 Å². The molecule has 0 unspecified atom stereocenters. The van der Waals surface area contributed by atoms with E-state index in [9.17, 15) is 19.1 Å². The summed E-state index contributed by atoms with van der Waals surface area (Å²) in [6.07, 6.45) is 3.25. The number of aromatic nitrogens is 1. The van der Waals surface area contributed by atoms with Crippen molar-refractivity contribution in [2.24, 2.45) is 4.99 Å². The second-order valence-corrected chi connectivity index (χ2v) is 13.4. The monoisotopic (exact) mass is 674 g/mol. The number of urea groups is 1. The van der Waals surface area contributed by atoms with Gasteiger partial charge < -0.3 is 25.0 Å². The van der Waals surface area contributed by atoms with E-state index in [2.05, 4.69) is 27.0 Å². The molecule has 13 heteroatoms. The highest BCUT2D eigenvalue weighted by molar-refractivity contribution is 7.11. The van der Waals surface area contributed by atoms with E-state index in [1.165, 1.54) is 36.6 Å². The van der Waals surface area contributed by atoms with Crippen molar-refractivity contribution in [2.75, 3.05) is 46.4 Å². The number of halogens is 2. The Kier molecular flexibility index (Phi) is 8.48. The molecule has 1 saturated carbocycles. The summed E-state index contributed by atoms with van der Waals surface area (Å²) >= 11 is 7.88. The number of esters is 1. The first kappa shape index (κ1) is 31.3. The summed E-state index contributed by atoms with van der Waals surface area (Å²) in [4.78, 5) is 41.6. The smallest absolute Gasteiger partial charge is 0.338 e. The molecule has 0 spiro atoms. The van der Waals surface area contributed by atoms with Crippen LogP contribution >= 0.6 is 22.9 Å². The topological polar surface area (TPSA) is 111 Å². The molecule has 1 aromatic heterocycles. The van der Waals surface area contributed by atoms with E-state index in [-0.39, 0.29) is 22.7 Å². The highest BCUT2D eigenvalue weighted by Crippen LogP contribution is 2.45. The van der Waals surface area contributed by atoms with Crippen LogP contribution in [0.25, 0.3) is 0 Å². The molecule has 4 heterocycles. The van der Waals surface area contributed by atoms with E-state index in [1.807, 2.05) is 34.5 Å². The SMILES string of the molecule is COC(=O)C1=C(CN2CCN3C(=O)N(CC#Cc4ccc(C5(O)CC5)cc4)C[C@@H]3C2)NC(c2nccs2)=N[C@H]1c1ccc(F)cc1Cl. The number of hydrogen-bond acceptors (Lipinski definition) is 9. The fourth-order valence-electron chi connectivity index (χ4n) is 6.32. The second-order valence-electron chi connectivity index (χ2n) is 12.0. The molecule has 10 nitrogen and oxygen atoms in total. The number of carbonyl (C=O) groups is 2. The molecule has 2 aromatic carbocycles. The van der Waals surface area contributed by atoms with E-state index in [0.29, 0.717) is 61.4 Å². The number of amidine groups is 1. The van der Waals surface area contributed by atoms with Crippen LogP contribution in [0.4, 0.5) is 9.18 Å².